The number of carbonyl (C=O) groups excluding carboxylic acids is 1. The normalized spacial score (nSPS) is 11.2. The third-order valence-corrected chi connectivity index (χ3v) is 5.17. The van der Waals surface area contributed by atoms with E-state index in [-0.39, 0.29) is 17.0 Å². The molecule has 0 aliphatic heterocycles. The van der Waals surface area contributed by atoms with E-state index in [9.17, 15) is 14.4 Å². The Kier molecular flexibility index (Phi) is 5.66. The van der Waals surface area contributed by atoms with E-state index < -0.39 is 11.6 Å². The van der Waals surface area contributed by atoms with E-state index in [0.717, 1.165) is 30.2 Å². The smallest absolute Gasteiger partial charge is 0.364 e. The summed E-state index contributed by atoms with van der Waals surface area (Å²) < 4.78 is 12.1. The van der Waals surface area contributed by atoms with Crippen LogP contribution in [0.1, 0.15) is 42.2 Å². The van der Waals surface area contributed by atoms with Crippen molar-refractivity contribution >= 4 is 27.7 Å². The molecule has 7 nitrogen and oxygen atoms in total. The lowest BCUT2D eigenvalue weighted by molar-refractivity contribution is 0.0728. The first kappa shape index (κ1) is 20.5. The minimum Gasteiger partial charge on any atom is -0.423 e. The average Bonchev–Trinajstić information content (AvgIpc) is 2.75. The third-order valence-electron chi connectivity index (χ3n) is 5.17. The molecule has 31 heavy (non-hydrogen) atoms. The molecule has 2 aromatic heterocycles. The van der Waals surface area contributed by atoms with E-state index >= 15 is 0 Å². The van der Waals surface area contributed by atoms with E-state index in [1.54, 1.807) is 36.4 Å². The van der Waals surface area contributed by atoms with Gasteiger partial charge in [-0.1, -0.05) is 38.0 Å². The van der Waals surface area contributed by atoms with Gasteiger partial charge < -0.3 is 9.15 Å². The van der Waals surface area contributed by atoms with E-state index in [1.165, 1.54) is 16.8 Å². The predicted octanol–water partition coefficient (Wildman–Crippen LogP) is 4.22. The molecule has 0 fully saturated rings. The quantitative estimate of drug-likeness (QED) is 0.201. The molecule has 0 saturated heterocycles. The van der Waals surface area contributed by atoms with Crippen molar-refractivity contribution in [3.8, 4) is 5.75 Å². The Hall–Kier alpha value is -3.74. The van der Waals surface area contributed by atoms with Gasteiger partial charge in [-0.05, 0) is 37.1 Å². The highest BCUT2D eigenvalue weighted by atomic mass is 16.5. The molecule has 7 heteroatoms. The summed E-state index contributed by atoms with van der Waals surface area (Å²) in [6.07, 6.45) is 2.76. The van der Waals surface area contributed by atoms with Gasteiger partial charge in [-0.3, -0.25) is 4.79 Å². The second-order valence-electron chi connectivity index (χ2n) is 7.43. The van der Waals surface area contributed by atoms with E-state index in [4.69, 9.17) is 9.15 Å². The molecule has 2 heterocycles. The van der Waals surface area contributed by atoms with Crippen LogP contribution in [0.2, 0.25) is 0 Å². The Bertz CT molecular complexity index is 1400. The lowest BCUT2D eigenvalue weighted by Crippen LogP contribution is -2.27. The van der Waals surface area contributed by atoms with E-state index in [0.29, 0.717) is 22.9 Å². The summed E-state index contributed by atoms with van der Waals surface area (Å²) in [6, 6.07) is 13.1. The third kappa shape index (κ3) is 4.12. The summed E-state index contributed by atoms with van der Waals surface area (Å²) in [7, 11) is 0. The zero-order chi connectivity index (χ0) is 22.0. The van der Waals surface area contributed by atoms with Crippen LogP contribution in [0, 0.1) is 6.92 Å². The summed E-state index contributed by atoms with van der Waals surface area (Å²) in [5.74, 6) is -0.462. The van der Waals surface area contributed by atoms with Gasteiger partial charge in [0, 0.05) is 29.4 Å². The molecule has 0 N–H and O–H groups in total. The second kappa shape index (κ2) is 8.55. The molecular formula is C24H22N2O5. The zero-order valence-electron chi connectivity index (χ0n) is 17.4. The molecule has 0 aliphatic carbocycles. The van der Waals surface area contributed by atoms with Gasteiger partial charge in [0.15, 0.2) is 5.69 Å². The van der Waals surface area contributed by atoms with Gasteiger partial charge in [-0.25, -0.2) is 14.3 Å². The molecule has 0 unspecified atom stereocenters. The number of aryl methyl sites for hydroxylation is 2. The number of aromatic nitrogens is 2. The van der Waals surface area contributed by atoms with Crippen molar-refractivity contribution < 1.29 is 13.9 Å². The Morgan fingerprint density at radius 2 is 1.81 bits per heavy atom. The minimum atomic E-state index is -0.685. The van der Waals surface area contributed by atoms with Crippen molar-refractivity contribution in [2.24, 2.45) is 0 Å². The first-order valence-electron chi connectivity index (χ1n) is 10.2. The largest absolute Gasteiger partial charge is 0.423 e. The average molecular weight is 418 g/mol. The summed E-state index contributed by atoms with van der Waals surface area (Å²) in [6.45, 7) is 4.31. The molecule has 4 rings (SSSR count). The fourth-order valence-electron chi connectivity index (χ4n) is 3.57. The lowest BCUT2D eigenvalue weighted by Gasteiger charge is -2.11. The van der Waals surface area contributed by atoms with Crippen LogP contribution in [0.25, 0.3) is 21.7 Å². The van der Waals surface area contributed by atoms with Gasteiger partial charge >= 0.3 is 11.6 Å². The maximum absolute atomic E-state index is 13.0. The number of fused-ring (bicyclic) bond motifs is 2. The molecule has 2 aromatic carbocycles. The van der Waals surface area contributed by atoms with Gasteiger partial charge in [-0.2, -0.15) is 5.10 Å². The predicted molar refractivity (Wildman–Crippen MR) is 118 cm³/mol. The fourth-order valence-corrected chi connectivity index (χ4v) is 3.57. The molecule has 0 saturated carbocycles. The van der Waals surface area contributed by atoms with Crippen LogP contribution < -0.4 is 15.9 Å². The Morgan fingerprint density at radius 1 is 1.03 bits per heavy atom. The zero-order valence-corrected chi connectivity index (χ0v) is 17.4. The molecule has 0 spiro atoms. The van der Waals surface area contributed by atoms with Crippen LogP contribution in [0.3, 0.4) is 0 Å². The Morgan fingerprint density at radius 3 is 2.58 bits per heavy atom. The van der Waals surface area contributed by atoms with Gasteiger partial charge in [0.25, 0.3) is 5.56 Å². The molecular weight excluding hydrogens is 396 g/mol. The van der Waals surface area contributed by atoms with Crippen LogP contribution in [0.4, 0.5) is 0 Å². The topological polar surface area (TPSA) is 91.4 Å². The fraction of sp³-hybridized carbons (Fsp3) is 0.250. The summed E-state index contributed by atoms with van der Waals surface area (Å²) >= 11 is 0. The number of unbranched alkanes of at least 4 members (excludes halogenated alkanes) is 2. The molecule has 0 bridgehead atoms. The number of esters is 1. The summed E-state index contributed by atoms with van der Waals surface area (Å²) in [5.41, 5.74) is 0.470. The second-order valence-corrected chi connectivity index (χ2v) is 7.43. The molecule has 158 valence electrons. The minimum absolute atomic E-state index is 0.0671. The number of hydrogen-bond acceptors (Lipinski definition) is 6. The van der Waals surface area contributed by atoms with Gasteiger partial charge in [-0.15, -0.1) is 0 Å². The molecule has 0 amide bonds. The van der Waals surface area contributed by atoms with Crippen LogP contribution in [-0.4, -0.2) is 15.7 Å². The highest BCUT2D eigenvalue weighted by molar-refractivity contribution is 6.03. The summed E-state index contributed by atoms with van der Waals surface area (Å²) in [4.78, 5) is 37.4. The molecule has 0 aliphatic rings. The van der Waals surface area contributed by atoms with Crippen molar-refractivity contribution in [3.63, 3.8) is 0 Å². The SMILES string of the molecule is CCCCCn1nc(C(=O)Oc2ccc3c(C)cc(=O)oc3c2)c2ccccc2c1=O. The van der Waals surface area contributed by atoms with Crippen LogP contribution in [0.5, 0.6) is 5.75 Å². The van der Waals surface area contributed by atoms with Crippen LogP contribution >= 0.6 is 0 Å². The lowest BCUT2D eigenvalue weighted by atomic mass is 10.1. The van der Waals surface area contributed by atoms with Gasteiger partial charge in [0.2, 0.25) is 0 Å². The number of benzene rings is 2. The highest BCUT2D eigenvalue weighted by Gasteiger charge is 2.19. The first-order chi connectivity index (χ1) is 15.0. The maximum Gasteiger partial charge on any atom is 0.364 e. The number of ether oxygens (including phenoxy) is 1. The van der Waals surface area contributed by atoms with Crippen molar-refractivity contribution in [2.45, 2.75) is 39.7 Å². The van der Waals surface area contributed by atoms with E-state index in [2.05, 4.69) is 12.0 Å². The van der Waals surface area contributed by atoms with Crippen LogP contribution in [0.15, 0.2) is 62.5 Å². The van der Waals surface area contributed by atoms with Crippen molar-refractivity contribution in [2.75, 3.05) is 0 Å². The molecule has 4 aromatic rings. The highest BCUT2D eigenvalue weighted by Crippen LogP contribution is 2.23. The van der Waals surface area contributed by atoms with Crippen LogP contribution in [-0.2, 0) is 6.54 Å². The first-order valence-corrected chi connectivity index (χ1v) is 10.2. The van der Waals surface area contributed by atoms with Gasteiger partial charge in [0.1, 0.15) is 11.3 Å². The van der Waals surface area contributed by atoms with Crippen molar-refractivity contribution in [3.05, 3.63) is 80.6 Å². The van der Waals surface area contributed by atoms with Crippen molar-refractivity contribution in [1.82, 2.24) is 9.78 Å². The number of carbonyl (C=O) groups is 1. The van der Waals surface area contributed by atoms with Gasteiger partial charge in [0.05, 0.1) is 5.39 Å². The number of nitrogens with zero attached hydrogens (tertiary/aromatic N) is 2. The standard InChI is InChI=1S/C24H22N2O5/c1-3-4-7-12-26-23(28)19-9-6-5-8-18(19)22(25-26)24(29)30-16-10-11-17-15(2)13-21(27)31-20(17)14-16/h5-6,8-11,13-14H,3-4,7,12H2,1-2H3. The maximum atomic E-state index is 13.0. The molecule has 0 radical (unpaired) electrons. The summed E-state index contributed by atoms with van der Waals surface area (Å²) in [5, 5.41) is 5.93. The van der Waals surface area contributed by atoms with E-state index in [1.807, 2.05) is 6.92 Å². The monoisotopic (exact) mass is 418 g/mol. The Balaban J connectivity index is 1.73. The molecule has 0 atom stereocenters. The van der Waals surface area contributed by atoms with Crippen molar-refractivity contribution in [1.29, 1.82) is 0 Å². The number of rotatable bonds is 6. The Labute approximate surface area is 177 Å². The number of hydrogen-bond donors (Lipinski definition) is 0.